The van der Waals surface area contributed by atoms with E-state index >= 15 is 0 Å². The van der Waals surface area contributed by atoms with Gasteiger partial charge < -0.3 is 14.5 Å². The fraction of sp³-hybridized carbons (Fsp3) is 0.579. The summed E-state index contributed by atoms with van der Waals surface area (Å²) in [7, 11) is 0. The third kappa shape index (κ3) is 4.56. The minimum Gasteiger partial charge on any atom is -0.452 e. The van der Waals surface area contributed by atoms with Crippen molar-refractivity contribution in [3.8, 4) is 0 Å². The number of hydrogen-bond acceptors (Lipinski definition) is 6. The molecule has 1 atom stereocenters. The van der Waals surface area contributed by atoms with Gasteiger partial charge in [0.2, 0.25) is 0 Å². The van der Waals surface area contributed by atoms with Gasteiger partial charge in [-0.2, -0.15) is 0 Å². The Morgan fingerprint density at radius 3 is 2.63 bits per heavy atom. The third-order valence-electron chi connectivity index (χ3n) is 5.19. The van der Waals surface area contributed by atoms with Crippen LogP contribution in [0.5, 0.6) is 0 Å². The highest BCUT2D eigenvalue weighted by Gasteiger charge is 2.26. The first-order chi connectivity index (χ1) is 13.0. The summed E-state index contributed by atoms with van der Waals surface area (Å²) < 4.78 is 5.07. The van der Waals surface area contributed by atoms with Crippen LogP contribution in [0.3, 0.4) is 0 Å². The van der Waals surface area contributed by atoms with Crippen LogP contribution >= 0.6 is 0 Å². The minimum atomic E-state index is -0.718. The van der Waals surface area contributed by atoms with E-state index < -0.39 is 10.9 Å². The second-order valence-corrected chi connectivity index (χ2v) is 7.32. The molecule has 2 saturated heterocycles. The minimum absolute atomic E-state index is 0.0877. The van der Waals surface area contributed by atoms with Crippen LogP contribution in [-0.4, -0.2) is 54.5 Å². The van der Waals surface area contributed by atoms with E-state index in [1.807, 2.05) is 4.90 Å². The Morgan fingerprint density at radius 2 is 1.96 bits per heavy atom. The van der Waals surface area contributed by atoms with Crippen molar-refractivity contribution in [2.75, 3.05) is 37.7 Å². The van der Waals surface area contributed by atoms with Crippen LogP contribution in [-0.2, 0) is 9.53 Å². The summed E-state index contributed by atoms with van der Waals surface area (Å²) in [5.74, 6) is -0.474. The van der Waals surface area contributed by atoms with Gasteiger partial charge >= 0.3 is 5.97 Å². The predicted octanol–water partition coefficient (Wildman–Crippen LogP) is 2.61. The Kier molecular flexibility index (Phi) is 5.93. The number of nitro groups is 1. The zero-order valence-electron chi connectivity index (χ0n) is 15.6. The van der Waals surface area contributed by atoms with Gasteiger partial charge in [0.15, 0.2) is 6.61 Å². The number of hydrogen-bond donors (Lipinski definition) is 0. The number of carbonyl (C=O) groups excluding carboxylic acids is 2. The van der Waals surface area contributed by atoms with Gasteiger partial charge in [-0.15, -0.1) is 0 Å². The quantitative estimate of drug-likeness (QED) is 0.446. The molecule has 3 rings (SSSR count). The summed E-state index contributed by atoms with van der Waals surface area (Å²) in [6, 6.07) is 4.39. The number of amides is 1. The van der Waals surface area contributed by atoms with Gasteiger partial charge in [0.05, 0.1) is 10.5 Å². The van der Waals surface area contributed by atoms with Crippen molar-refractivity contribution in [2.45, 2.75) is 32.6 Å². The van der Waals surface area contributed by atoms with E-state index in [9.17, 15) is 19.7 Å². The van der Waals surface area contributed by atoms with Crippen LogP contribution in [0.15, 0.2) is 18.2 Å². The molecule has 8 nitrogen and oxygen atoms in total. The van der Waals surface area contributed by atoms with Crippen LogP contribution < -0.4 is 4.90 Å². The van der Waals surface area contributed by atoms with Crippen LogP contribution in [0.1, 0.15) is 43.0 Å². The molecule has 146 valence electrons. The molecule has 8 heteroatoms. The van der Waals surface area contributed by atoms with Crippen molar-refractivity contribution in [3.63, 3.8) is 0 Å². The maximum absolute atomic E-state index is 12.2. The normalized spacial score (nSPS) is 19.8. The lowest BCUT2D eigenvalue weighted by atomic mass is 9.99. The van der Waals surface area contributed by atoms with Crippen molar-refractivity contribution in [1.82, 2.24) is 4.90 Å². The highest BCUT2D eigenvalue weighted by Crippen LogP contribution is 2.32. The second-order valence-electron chi connectivity index (χ2n) is 7.32. The molecule has 27 heavy (non-hydrogen) atoms. The first-order valence-electron chi connectivity index (χ1n) is 9.44. The van der Waals surface area contributed by atoms with Gasteiger partial charge in [-0.1, -0.05) is 6.92 Å². The van der Waals surface area contributed by atoms with Crippen molar-refractivity contribution in [3.05, 3.63) is 33.9 Å². The zero-order valence-corrected chi connectivity index (χ0v) is 15.6. The molecule has 1 amide bonds. The molecule has 2 aliphatic rings. The van der Waals surface area contributed by atoms with Crippen molar-refractivity contribution in [1.29, 1.82) is 0 Å². The molecule has 0 aromatic heterocycles. The molecule has 1 aromatic rings. The van der Waals surface area contributed by atoms with Gasteiger partial charge in [0.25, 0.3) is 11.6 Å². The molecule has 2 fully saturated rings. The molecular formula is C19H25N3O5. The highest BCUT2D eigenvalue weighted by molar-refractivity contribution is 5.93. The summed E-state index contributed by atoms with van der Waals surface area (Å²) in [5, 5.41) is 11.5. The molecule has 0 saturated carbocycles. The maximum atomic E-state index is 12.2. The number of nitro benzene ring substituents is 1. The molecular weight excluding hydrogens is 350 g/mol. The summed E-state index contributed by atoms with van der Waals surface area (Å²) in [4.78, 5) is 38.9. The van der Waals surface area contributed by atoms with Gasteiger partial charge in [-0.05, 0) is 43.7 Å². The number of rotatable bonds is 5. The van der Waals surface area contributed by atoms with Crippen molar-refractivity contribution >= 4 is 23.3 Å². The number of benzene rings is 1. The van der Waals surface area contributed by atoms with E-state index in [0.29, 0.717) is 24.7 Å². The number of nitrogens with zero attached hydrogens (tertiary/aromatic N) is 3. The first kappa shape index (κ1) is 19.1. The fourth-order valence-electron chi connectivity index (χ4n) is 3.74. The SMILES string of the molecule is C[C@H]1CCCN(c2ccc(C(=O)OCC(=O)N3CCCC3)cc2[N+](=O)[O-])C1. The standard InChI is InChI=1S/C19H25N3O5/c1-14-5-4-10-21(12-14)16-7-6-15(11-17(16)22(25)26)19(24)27-13-18(23)20-8-2-3-9-20/h6-7,11,14H,2-5,8-10,12-13H2,1H3/t14-/m0/s1. The number of likely N-dealkylation sites (tertiary alicyclic amines) is 1. The Hall–Kier alpha value is -2.64. The van der Waals surface area contributed by atoms with Gasteiger partial charge in [0.1, 0.15) is 5.69 Å². The summed E-state index contributed by atoms with van der Waals surface area (Å²) in [6.07, 6.45) is 4.02. The molecule has 2 aliphatic heterocycles. The lowest BCUT2D eigenvalue weighted by Crippen LogP contribution is -2.34. The Morgan fingerprint density at radius 1 is 1.22 bits per heavy atom. The van der Waals surface area contributed by atoms with Crippen LogP contribution in [0, 0.1) is 16.0 Å². The topological polar surface area (TPSA) is 93.0 Å². The molecule has 0 aliphatic carbocycles. The Bertz CT molecular complexity index is 730. The van der Waals surface area contributed by atoms with Gasteiger partial charge in [-0.3, -0.25) is 14.9 Å². The fourth-order valence-corrected chi connectivity index (χ4v) is 3.74. The monoisotopic (exact) mass is 375 g/mol. The smallest absolute Gasteiger partial charge is 0.338 e. The van der Waals surface area contributed by atoms with Crippen LogP contribution in [0.4, 0.5) is 11.4 Å². The number of carbonyl (C=O) groups is 2. The van der Waals surface area contributed by atoms with E-state index in [0.717, 1.165) is 38.8 Å². The lowest BCUT2D eigenvalue weighted by molar-refractivity contribution is -0.384. The third-order valence-corrected chi connectivity index (χ3v) is 5.19. The van der Waals surface area contributed by atoms with Gasteiger partial charge in [-0.25, -0.2) is 4.79 Å². The molecule has 0 N–H and O–H groups in total. The van der Waals surface area contributed by atoms with E-state index in [-0.39, 0.29) is 23.8 Å². The van der Waals surface area contributed by atoms with E-state index in [1.165, 1.54) is 12.1 Å². The van der Waals surface area contributed by atoms with Crippen molar-refractivity contribution < 1.29 is 19.2 Å². The summed E-state index contributed by atoms with van der Waals surface area (Å²) >= 11 is 0. The average molecular weight is 375 g/mol. The largest absolute Gasteiger partial charge is 0.452 e. The number of anilines is 1. The average Bonchev–Trinajstić information content (AvgIpc) is 3.20. The molecule has 0 radical (unpaired) electrons. The lowest BCUT2D eigenvalue weighted by Gasteiger charge is -2.32. The zero-order chi connectivity index (χ0) is 19.4. The van der Waals surface area contributed by atoms with Crippen molar-refractivity contribution in [2.24, 2.45) is 5.92 Å². The number of piperidine rings is 1. The molecule has 2 heterocycles. The predicted molar refractivity (Wildman–Crippen MR) is 99.8 cm³/mol. The molecule has 1 aromatic carbocycles. The molecule has 0 unspecified atom stereocenters. The van der Waals surface area contributed by atoms with Crippen LogP contribution in [0.25, 0.3) is 0 Å². The van der Waals surface area contributed by atoms with E-state index in [2.05, 4.69) is 6.92 Å². The first-order valence-corrected chi connectivity index (χ1v) is 9.44. The summed E-state index contributed by atoms with van der Waals surface area (Å²) in [5.41, 5.74) is 0.505. The molecule has 0 spiro atoms. The number of esters is 1. The maximum Gasteiger partial charge on any atom is 0.338 e. The Labute approximate surface area is 158 Å². The number of ether oxygens (including phenoxy) is 1. The van der Waals surface area contributed by atoms with E-state index in [4.69, 9.17) is 4.74 Å². The second kappa shape index (κ2) is 8.37. The summed E-state index contributed by atoms with van der Waals surface area (Å²) in [6.45, 7) is 4.68. The van der Waals surface area contributed by atoms with Crippen LogP contribution in [0.2, 0.25) is 0 Å². The van der Waals surface area contributed by atoms with Gasteiger partial charge in [0, 0.05) is 32.2 Å². The molecule has 0 bridgehead atoms. The van der Waals surface area contributed by atoms with E-state index in [1.54, 1.807) is 11.0 Å². The Balaban J connectivity index is 1.70. The highest BCUT2D eigenvalue weighted by atomic mass is 16.6.